The van der Waals surface area contributed by atoms with Crippen molar-refractivity contribution in [2.24, 2.45) is 0 Å². The molecule has 0 N–H and O–H groups in total. The van der Waals surface area contributed by atoms with Gasteiger partial charge in [0.1, 0.15) is 0 Å². The molecule has 0 saturated carbocycles. The zero-order chi connectivity index (χ0) is 11.5. The zero-order valence-electron chi connectivity index (χ0n) is 8.61. The minimum atomic E-state index is -0.483. The molecule has 16 heavy (non-hydrogen) atoms. The van der Waals surface area contributed by atoms with Gasteiger partial charge in [-0.15, -0.1) is 0 Å². The third-order valence-corrected chi connectivity index (χ3v) is 2.21. The van der Waals surface area contributed by atoms with E-state index in [4.69, 9.17) is 16.3 Å². The van der Waals surface area contributed by atoms with Crippen molar-refractivity contribution in [3.05, 3.63) is 35.2 Å². The molecule has 0 aliphatic rings. The Morgan fingerprint density at radius 1 is 1.38 bits per heavy atom. The minimum Gasteiger partial charge on any atom is -0.461 e. The van der Waals surface area contributed by atoms with Gasteiger partial charge in [0, 0.05) is 5.39 Å². The number of carbonyl (C=O) groups is 1. The van der Waals surface area contributed by atoms with Crippen molar-refractivity contribution < 1.29 is 9.53 Å². The summed E-state index contributed by atoms with van der Waals surface area (Å²) in [6.07, 6.45) is 0. The van der Waals surface area contributed by atoms with Gasteiger partial charge in [-0.1, -0.05) is 18.2 Å². The molecule has 0 spiro atoms. The van der Waals surface area contributed by atoms with Crippen LogP contribution in [0.5, 0.6) is 0 Å². The fourth-order valence-electron chi connectivity index (χ4n) is 1.40. The first kappa shape index (κ1) is 10.8. The summed E-state index contributed by atoms with van der Waals surface area (Å²) < 4.78 is 4.90. The summed E-state index contributed by atoms with van der Waals surface area (Å²) >= 11 is 5.74. The van der Waals surface area contributed by atoms with Crippen molar-refractivity contribution in [3.63, 3.8) is 0 Å². The third-order valence-electron chi connectivity index (χ3n) is 2.04. The number of ether oxygens (including phenoxy) is 1. The normalized spacial score (nSPS) is 10.4. The van der Waals surface area contributed by atoms with E-state index in [1.165, 1.54) is 0 Å². The van der Waals surface area contributed by atoms with E-state index in [2.05, 4.69) is 9.97 Å². The average molecular weight is 237 g/mol. The van der Waals surface area contributed by atoms with E-state index < -0.39 is 5.97 Å². The highest BCUT2D eigenvalue weighted by atomic mass is 35.5. The van der Waals surface area contributed by atoms with Crippen LogP contribution in [0.2, 0.25) is 5.28 Å². The van der Waals surface area contributed by atoms with Crippen LogP contribution in [0.25, 0.3) is 10.9 Å². The Hall–Kier alpha value is -1.68. The highest BCUT2D eigenvalue weighted by Crippen LogP contribution is 2.18. The quantitative estimate of drug-likeness (QED) is 0.594. The SMILES string of the molecule is CCOC(=O)c1nc(Cl)nc2ccccc12. The number of halogens is 1. The number of rotatable bonds is 2. The molecule has 1 heterocycles. The first-order chi connectivity index (χ1) is 7.72. The van der Waals surface area contributed by atoms with Crippen molar-refractivity contribution >= 4 is 28.5 Å². The lowest BCUT2D eigenvalue weighted by atomic mass is 10.2. The number of nitrogens with zero attached hydrogens (tertiary/aromatic N) is 2. The zero-order valence-corrected chi connectivity index (χ0v) is 9.36. The lowest BCUT2D eigenvalue weighted by Gasteiger charge is -2.04. The van der Waals surface area contributed by atoms with Gasteiger partial charge in [0.15, 0.2) is 5.69 Å². The van der Waals surface area contributed by atoms with Crippen LogP contribution in [0, 0.1) is 0 Å². The largest absolute Gasteiger partial charge is 0.461 e. The Kier molecular flexibility index (Phi) is 3.01. The maximum absolute atomic E-state index is 11.6. The van der Waals surface area contributed by atoms with Crippen LogP contribution in [0.3, 0.4) is 0 Å². The Balaban J connectivity index is 2.63. The summed E-state index contributed by atoms with van der Waals surface area (Å²) in [6, 6.07) is 7.16. The van der Waals surface area contributed by atoms with Crippen LogP contribution in [0.15, 0.2) is 24.3 Å². The highest BCUT2D eigenvalue weighted by molar-refractivity contribution is 6.29. The van der Waals surface area contributed by atoms with Crippen molar-refractivity contribution in [2.75, 3.05) is 6.61 Å². The fourth-order valence-corrected chi connectivity index (χ4v) is 1.58. The Morgan fingerprint density at radius 2 is 2.12 bits per heavy atom. The van der Waals surface area contributed by atoms with Gasteiger partial charge in [-0.3, -0.25) is 0 Å². The molecule has 2 aromatic rings. The van der Waals surface area contributed by atoms with Gasteiger partial charge in [-0.2, -0.15) is 0 Å². The van der Waals surface area contributed by atoms with Gasteiger partial charge in [0.2, 0.25) is 5.28 Å². The van der Waals surface area contributed by atoms with E-state index in [9.17, 15) is 4.79 Å². The summed E-state index contributed by atoms with van der Waals surface area (Å²) in [5.41, 5.74) is 0.836. The number of para-hydroxylation sites is 1. The second-order valence-electron chi connectivity index (χ2n) is 3.08. The molecule has 0 saturated heterocycles. The molecule has 0 amide bonds. The standard InChI is InChI=1S/C11H9ClN2O2/c1-2-16-10(15)9-7-5-3-4-6-8(7)13-11(12)14-9/h3-6H,2H2,1H3. The molecule has 0 atom stereocenters. The third kappa shape index (κ3) is 1.97. The lowest BCUT2D eigenvalue weighted by Crippen LogP contribution is -2.08. The smallest absolute Gasteiger partial charge is 0.357 e. The number of hydrogen-bond donors (Lipinski definition) is 0. The summed E-state index contributed by atoms with van der Waals surface area (Å²) in [7, 11) is 0. The molecule has 0 unspecified atom stereocenters. The van der Waals surface area contributed by atoms with E-state index in [1.807, 2.05) is 12.1 Å². The summed E-state index contributed by atoms with van der Waals surface area (Å²) in [5.74, 6) is -0.483. The predicted octanol–water partition coefficient (Wildman–Crippen LogP) is 2.46. The Labute approximate surface area is 97.2 Å². The van der Waals surface area contributed by atoms with Crippen molar-refractivity contribution in [1.29, 1.82) is 0 Å². The van der Waals surface area contributed by atoms with Crippen molar-refractivity contribution in [2.45, 2.75) is 6.92 Å². The maximum atomic E-state index is 11.6. The first-order valence-electron chi connectivity index (χ1n) is 4.81. The van der Waals surface area contributed by atoms with E-state index in [0.29, 0.717) is 17.5 Å². The predicted molar refractivity (Wildman–Crippen MR) is 60.5 cm³/mol. The van der Waals surface area contributed by atoms with Crippen molar-refractivity contribution in [3.8, 4) is 0 Å². The molecule has 0 bridgehead atoms. The molecule has 5 heteroatoms. The van der Waals surface area contributed by atoms with Crippen LogP contribution in [-0.4, -0.2) is 22.5 Å². The number of carbonyl (C=O) groups excluding carboxylic acids is 1. The average Bonchev–Trinajstić information content (AvgIpc) is 2.28. The van der Waals surface area contributed by atoms with E-state index >= 15 is 0 Å². The number of hydrogen-bond acceptors (Lipinski definition) is 4. The summed E-state index contributed by atoms with van der Waals surface area (Å²) in [6.45, 7) is 2.04. The van der Waals surface area contributed by atoms with Crippen molar-refractivity contribution in [1.82, 2.24) is 9.97 Å². The number of benzene rings is 1. The van der Waals surface area contributed by atoms with Crippen LogP contribution >= 0.6 is 11.6 Å². The van der Waals surface area contributed by atoms with Gasteiger partial charge < -0.3 is 4.74 Å². The van der Waals surface area contributed by atoms with E-state index in [0.717, 1.165) is 0 Å². The van der Waals surface area contributed by atoms with Gasteiger partial charge in [0.25, 0.3) is 0 Å². The molecule has 0 fully saturated rings. The van der Waals surface area contributed by atoms with Gasteiger partial charge in [-0.25, -0.2) is 14.8 Å². The number of aromatic nitrogens is 2. The molecular weight excluding hydrogens is 228 g/mol. The van der Waals surface area contributed by atoms with Gasteiger partial charge >= 0.3 is 5.97 Å². The molecule has 0 radical (unpaired) electrons. The molecule has 1 aromatic heterocycles. The van der Waals surface area contributed by atoms with Gasteiger partial charge in [-0.05, 0) is 24.6 Å². The number of fused-ring (bicyclic) bond motifs is 1. The Morgan fingerprint density at radius 3 is 2.88 bits per heavy atom. The molecule has 2 rings (SSSR count). The molecular formula is C11H9ClN2O2. The molecule has 1 aromatic carbocycles. The molecule has 82 valence electrons. The molecule has 0 aliphatic heterocycles. The van der Waals surface area contributed by atoms with Crippen LogP contribution in [-0.2, 0) is 4.74 Å². The second kappa shape index (κ2) is 4.45. The molecule has 0 aliphatic carbocycles. The van der Waals surface area contributed by atoms with Gasteiger partial charge in [0.05, 0.1) is 12.1 Å². The van der Waals surface area contributed by atoms with E-state index in [1.54, 1.807) is 19.1 Å². The maximum Gasteiger partial charge on any atom is 0.357 e. The van der Waals surface area contributed by atoms with Crippen LogP contribution in [0.1, 0.15) is 17.4 Å². The topological polar surface area (TPSA) is 52.1 Å². The minimum absolute atomic E-state index is 0.0433. The fraction of sp³-hybridized carbons (Fsp3) is 0.182. The highest BCUT2D eigenvalue weighted by Gasteiger charge is 2.14. The summed E-state index contributed by atoms with van der Waals surface area (Å²) in [5, 5.41) is 0.687. The second-order valence-corrected chi connectivity index (χ2v) is 3.42. The van der Waals surface area contributed by atoms with Crippen LogP contribution in [0.4, 0.5) is 0 Å². The van der Waals surface area contributed by atoms with E-state index in [-0.39, 0.29) is 11.0 Å². The first-order valence-corrected chi connectivity index (χ1v) is 5.19. The number of esters is 1. The lowest BCUT2D eigenvalue weighted by molar-refractivity contribution is 0.0522. The summed E-state index contributed by atoms with van der Waals surface area (Å²) in [4.78, 5) is 19.6. The monoisotopic (exact) mass is 236 g/mol. The molecule has 4 nitrogen and oxygen atoms in total. The Bertz CT molecular complexity index is 542. The van der Waals surface area contributed by atoms with Crippen LogP contribution < -0.4 is 0 Å².